The molecule has 0 aliphatic rings. The highest BCUT2D eigenvalue weighted by molar-refractivity contribution is 7.98. The molecule has 0 unspecified atom stereocenters. The summed E-state index contributed by atoms with van der Waals surface area (Å²) in [5.74, 6) is 1.01. The minimum Gasteiger partial charge on any atom is -0.492 e. The second kappa shape index (κ2) is 8.43. The predicted octanol–water partition coefficient (Wildman–Crippen LogP) is 3.57. The van der Waals surface area contributed by atoms with Gasteiger partial charge in [-0.05, 0) is 37.8 Å². The van der Waals surface area contributed by atoms with E-state index in [1.54, 1.807) is 11.8 Å². The van der Waals surface area contributed by atoms with Crippen molar-refractivity contribution in [3.63, 3.8) is 0 Å². The first-order valence-electron chi connectivity index (χ1n) is 6.23. The molecule has 3 heteroatoms. The van der Waals surface area contributed by atoms with Gasteiger partial charge in [0.1, 0.15) is 5.75 Å². The minimum absolute atomic E-state index is 0.577. The van der Waals surface area contributed by atoms with Gasteiger partial charge in [0.15, 0.2) is 0 Å². The molecule has 0 aromatic heterocycles. The van der Waals surface area contributed by atoms with Gasteiger partial charge >= 0.3 is 0 Å². The van der Waals surface area contributed by atoms with Gasteiger partial charge in [-0.1, -0.05) is 26.0 Å². The van der Waals surface area contributed by atoms with Crippen LogP contribution in [0.3, 0.4) is 0 Å². The Bertz CT molecular complexity index is 315. The fourth-order valence-electron chi connectivity index (χ4n) is 1.54. The van der Waals surface area contributed by atoms with Gasteiger partial charge in [0.05, 0.1) is 6.61 Å². The molecule has 0 saturated carbocycles. The van der Waals surface area contributed by atoms with Crippen LogP contribution in [0.25, 0.3) is 0 Å². The van der Waals surface area contributed by atoms with E-state index in [2.05, 4.69) is 31.5 Å². The van der Waals surface area contributed by atoms with Crippen LogP contribution in [0.15, 0.2) is 29.2 Å². The van der Waals surface area contributed by atoms with Crippen LogP contribution in [0.5, 0.6) is 5.75 Å². The standard InChI is InChI=1S/C14H23NOS/c1-12(2)15-10-6-7-11-16-13-8-4-5-9-14(13)17-3/h4-5,8-9,12,15H,6-7,10-11H2,1-3H3. The molecule has 1 aromatic carbocycles. The molecule has 1 aromatic rings. The summed E-state index contributed by atoms with van der Waals surface area (Å²) < 4.78 is 5.79. The van der Waals surface area contributed by atoms with E-state index < -0.39 is 0 Å². The molecule has 2 nitrogen and oxygen atoms in total. The van der Waals surface area contributed by atoms with Crippen LogP contribution in [0.2, 0.25) is 0 Å². The van der Waals surface area contributed by atoms with Crippen molar-refractivity contribution >= 4 is 11.8 Å². The lowest BCUT2D eigenvalue weighted by Crippen LogP contribution is -2.23. The summed E-state index contributed by atoms with van der Waals surface area (Å²) in [5, 5.41) is 3.41. The van der Waals surface area contributed by atoms with Crippen molar-refractivity contribution in [3.8, 4) is 5.75 Å². The molecule has 17 heavy (non-hydrogen) atoms. The predicted molar refractivity (Wildman–Crippen MR) is 76.1 cm³/mol. The molecule has 0 aliphatic heterocycles. The highest BCUT2D eigenvalue weighted by atomic mass is 32.2. The first-order valence-corrected chi connectivity index (χ1v) is 7.45. The molecule has 0 saturated heterocycles. The summed E-state index contributed by atoms with van der Waals surface area (Å²) in [6, 6.07) is 8.78. The van der Waals surface area contributed by atoms with E-state index in [4.69, 9.17) is 4.74 Å². The molecule has 0 spiro atoms. The Kier molecular flexibility index (Phi) is 7.13. The molecule has 96 valence electrons. The van der Waals surface area contributed by atoms with Crippen molar-refractivity contribution in [2.45, 2.75) is 37.6 Å². The van der Waals surface area contributed by atoms with Gasteiger partial charge < -0.3 is 10.1 Å². The average Bonchev–Trinajstić information content (AvgIpc) is 2.33. The third-order valence-electron chi connectivity index (χ3n) is 2.45. The molecule has 0 heterocycles. The van der Waals surface area contributed by atoms with Crippen molar-refractivity contribution in [2.75, 3.05) is 19.4 Å². The molecule has 0 bridgehead atoms. The molecule has 1 N–H and O–H groups in total. The van der Waals surface area contributed by atoms with E-state index in [1.165, 1.54) is 11.3 Å². The second-order valence-corrected chi connectivity index (χ2v) is 5.16. The summed E-state index contributed by atoms with van der Waals surface area (Å²) in [5.41, 5.74) is 0. The van der Waals surface area contributed by atoms with Crippen molar-refractivity contribution in [1.82, 2.24) is 5.32 Å². The van der Waals surface area contributed by atoms with E-state index >= 15 is 0 Å². The number of rotatable bonds is 8. The Morgan fingerprint density at radius 3 is 2.71 bits per heavy atom. The highest BCUT2D eigenvalue weighted by Crippen LogP contribution is 2.26. The summed E-state index contributed by atoms with van der Waals surface area (Å²) in [4.78, 5) is 1.22. The smallest absolute Gasteiger partial charge is 0.132 e. The lowest BCUT2D eigenvalue weighted by Gasteiger charge is -2.10. The fourth-order valence-corrected chi connectivity index (χ4v) is 2.08. The van der Waals surface area contributed by atoms with E-state index in [1.807, 2.05) is 18.2 Å². The van der Waals surface area contributed by atoms with Gasteiger partial charge in [0.2, 0.25) is 0 Å². The Morgan fingerprint density at radius 2 is 2.00 bits per heavy atom. The Labute approximate surface area is 109 Å². The van der Waals surface area contributed by atoms with E-state index in [0.29, 0.717) is 6.04 Å². The minimum atomic E-state index is 0.577. The Morgan fingerprint density at radius 1 is 1.24 bits per heavy atom. The lowest BCUT2D eigenvalue weighted by atomic mass is 10.3. The number of nitrogens with one attached hydrogen (secondary N) is 1. The molecule has 0 aliphatic carbocycles. The number of ether oxygens (including phenoxy) is 1. The molecule has 0 atom stereocenters. The number of hydrogen-bond acceptors (Lipinski definition) is 3. The van der Waals surface area contributed by atoms with Crippen LogP contribution in [0, 0.1) is 0 Å². The summed E-state index contributed by atoms with van der Waals surface area (Å²) in [6.07, 6.45) is 4.34. The first kappa shape index (κ1) is 14.4. The molecular weight excluding hydrogens is 230 g/mol. The highest BCUT2D eigenvalue weighted by Gasteiger charge is 2.00. The van der Waals surface area contributed by atoms with Gasteiger partial charge in [-0.25, -0.2) is 0 Å². The van der Waals surface area contributed by atoms with Crippen LogP contribution in [0.1, 0.15) is 26.7 Å². The van der Waals surface area contributed by atoms with Crippen molar-refractivity contribution in [2.24, 2.45) is 0 Å². The third kappa shape index (κ3) is 5.99. The maximum absolute atomic E-state index is 5.79. The van der Waals surface area contributed by atoms with Gasteiger partial charge in [-0.15, -0.1) is 11.8 Å². The summed E-state index contributed by atoms with van der Waals surface area (Å²) in [7, 11) is 0. The molecule has 0 amide bonds. The zero-order chi connectivity index (χ0) is 12.5. The van der Waals surface area contributed by atoms with Crippen LogP contribution in [0.4, 0.5) is 0 Å². The topological polar surface area (TPSA) is 21.3 Å². The quantitative estimate of drug-likeness (QED) is 0.565. The van der Waals surface area contributed by atoms with Crippen LogP contribution in [-0.2, 0) is 0 Å². The average molecular weight is 253 g/mol. The van der Waals surface area contributed by atoms with Crippen molar-refractivity contribution < 1.29 is 4.74 Å². The monoisotopic (exact) mass is 253 g/mol. The maximum Gasteiger partial charge on any atom is 0.132 e. The first-order chi connectivity index (χ1) is 8.24. The van der Waals surface area contributed by atoms with Crippen LogP contribution >= 0.6 is 11.8 Å². The van der Waals surface area contributed by atoms with Crippen molar-refractivity contribution in [1.29, 1.82) is 0 Å². The number of benzene rings is 1. The van der Waals surface area contributed by atoms with Crippen molar-refractivity contribution in [3.05, 3.63) is 24.3 Å². The normalized spacial score (nSPS) is 10.8. The number of para-hydroxylation sites is 1. The van der Waals surface area contributed by atoms with E-state index in [-0.39, 0.29) is 0 Å². The van der Waals surface area contributed by atoms with Gasteiger partial charge in [-0.2, -0.15) is 0 Å². The SMILES string of the molecule is CSc1ccccc1OCCCCNC(C)C. The van der Waals surface area contributed by atoms with Gasteiger partial charge in [0, 0.05) is 10.9 Å². The Hall–Kier alpha value is -0.670. The van der Waals surface area contributed by atoms with Crippen LogP contribution < -0.4 is 10.1 Å². The summed E-state index contributed by atoms with van der Waals surface area (Å²) in [6.45, 7) is 6.22. The fraction of sp³-hybridized carbons (Fsp3) is 0.571. The maximum atomic E-state index is 5.79. The largest absolute Gasteiger partial charge is 0.492 e. The molecule has 1 rings (SSSR count). The molecule has 0 radical (unpaired) electrons. The molecule has 0 fully saturated rings. The number of thioether (sulfide) groups is 1. The van der Waals surface area contributed by atoms with E-state index in [0.717, 1.165) is 25.3 Å². The zero-order valence-corrected chi connectivity index (χ0v) is 11.8. The zero-order valence-electron chi connectivity index (χ0n) is 11.0. The molecular formula is C14H23NOS. The Balaban J connectivity index is 2.17. The third-order valence-corrected chi connectivity index (χ3v) is 3.23. The second-order valence-electron chi connectivity index (χ2n) is 4.32. The number of hydrogen-bond donors (Lipinski definition) is 1. The lowest BCUT2D eigenvalue weighted by molar-refractivity contribution is 0.298. The summed E-state index contributed by atoms with van der Waals surface area (Å²) >= 11 is 1.73. The van der Waals surface area contributed by atoms with Gasteiger partial charge in [-0.3, -0.25) is 0 Å². The van der Waals surface area contributed by atoms with E-state index in [9.17, 15) is 0 Å². The van der Waals surface area contributed by atoms with Crippen LogP contribution in [-0.4, -0.2) is 25.4 Å². The van der Waals surface area contributed by atoms with Gasteiger partial charge in [0.25, 0.3) is 0 Å². The number of unbranched alkanes of at least 4 members (excludes halogenated alkanes) is 1.